The number of carbonyl (C=O) groups excluding carboxylic acids is 1. The highest BCUT2D eigenvalue weighted by Gasteiger charge is 2.48. The van der Waals surface area contributed by atoms with Crippen LogP contribution < -0.4 is 5.32 Å². The van der Waals surface area contributed by atoms with E-state index in [1.54, 1.807) is 12.1 Å². The van der Waals surface area contributed by atoms with Crippen LogP contribution in [0.15, 0.2) is 58.5 Å². The summed E-state index contributed by atoms with van der Waals surface area (Å²) in [5, 5.41) is 3.34. The van der Waals surface area contributed by atoms with Crippen LogP contribution in [0.4, 0.5) is 0 Å². The van der Waals surface area contributed by atoms with Crippen LogP contribution in [-0.2, 0) is 21.1 Å². The summed E-state index contributed by atoms with van der Waals surface area (Å²) < 4.78 is 26.7. The Labute approximate surface area is 215 Å². The second kappa shape index (κ2) is 10.6. The molecule has 3 atom stereocenters. The molecule has 1 aliphatic heterocycles. The first-order chi connectivity index (χ1) is 16.6. The molecular formula is C29H36ClNO3S. The minimum atomic E-state index is -3.47. The lowest BCUT2D eigenvalue weighted by Crippen LogP contribution is -2.16. The SMILES string of the molecule is CC1=C(CCC(C)c2cccc(CC3NC3S(=O)(=O)c3ccccc3C(C)C)c2Cl)CCCC1=O. The molecule has 1 heterocycles. The molecule has 0 bridgehead atoms. The van der Waals surface area contributed by atoms with Crippen molar-refractivity contribution in [2.45, 2.75) is 94.4 Å². The fourth-order valence-electron chi connectivity index (χ4n) is 5.25. The van der Waals surface area contributed by atoms with E-state index < -0.39 is 15.2 Å². The number of Topliss-reactive ketones (excluding diaryl/α,β-unsaturated/α-hetero) is 1. The smallest absolute Gasteiger partial charge is 0.196 e. The number of carbonyl (C=O) groups is 1. The summed E-state index contributed by atoms with van der Waals surface area (Å²) in [5.74, 6) is 0.679. The molecule has 4 nitrogen and oxygen atoms in total. The molecule has 2 aliphatic rings. The predicted octanol–water partition coefficient (Wildman–Crippen LogP) is 6.73. The van der Waals surface area contributed by atoms with E-state index in [0.717, 1.165) is 53.0 Å². The number of ketones is 1. The van der Waals surface area contributed by atoms with Gasteiger partial charge in [-0.2, -0.15) is 0 Å². The average Bonchev–Trinajstić information content (AvgIpc) is 3.61. The summed E-state index contributed by atoms with van der Waals surface area (Å²) in [6.45, 7) is 8.17. The molecule has 0 radical (unpaired) electrons. The van der Waals surface area contributed by atoms with Gasteiger partial charge in [-0.05, 0) is 79.2 Å². The minimum absolute atomic E-state index is 0.136. The molecule has 1 saturated heterocycles. The Hall–Kier alpha value is -1.95. The molecule has 2 aromatic rings. The van der Waals surface area contributed by atoms with Gasteiger partial charge >= 0.3 is 0 Å². The van der Waals surface area contributed by atoms with Crippen LogP contribution >= 0.6 is 11.6 Å². The third kappa shape index (κ3) is 5.58. The van der Waals surface area contributed by atoms with E-state index >= 15 is 0 Å². The summed E-state index contributed by atoms with van der Waals surface area (Å²) >= 11 is 6.85. The Kier molecular flexibility index (Phi) is 7.89. The zero-order valence-corrected chi connectivity index (χ0v) is 22.7. The van der Waals surface area contributed by atoms with Crippen LogP contribution in [0.5, 0.6) is 0 Å². The molecule has 3 unspecified atom stereocenters. The fraction of sp³-hybridized carbons (Fsp3) is 0.483. The maximum atomic E-state index is 13.3. The third-order valence-corrected chi connectivity index (χ3v) is 10.2. The van der Waals surface area contributed by atoms with Gasteiger partial charge in [-0.3, -0.25) is 10.1 Å². The van der Waals surface area contributed by atoms with Crippen molar-refractivity contribution in [1.29, 1.82) is 0 Å². The minimum Gasteiger partial charge on any atom is -0.295 e. The van der Waals surface area contributed by atoms with Crippen LogP contribution in [0.25, 0.3) is 0 Å². The van der Waals surface area contributed by atoms with Crippen molar-refractivity contribution in [2.24, 2.45) is 0 Å². The molecule has 1 fully saturated rings. The van der Waals surface area contributed by atoms with Gasteiger partial charge in [0.15, 0.2) is 15.6 Å². The van der Waals surface area contributed by atoms with Gasteiger partial charge in [0.25, 0.3) is 0 Å². The molecule has 6 heteroatoms. The lowest BCUT2D eigenvalue weighted by Gasteiger charge is -2.20. The normalized spacial score (nSPS) is 21.5. The zero-order valence-electron chi connectivity index (χ0n) is 21.1. The van der Waals surface area contributed by atoms with Crippen molar-refractivity contribution in [3.8, 4) is 0 Å². The second-order valence-electron chi connectivity index (χ2n) is 10.4. The average molecular weight is 514 g/mol. The summed E-state index contributed by atoms with van der Waals surface area (Å²) in [4.78, 5) is 12.5. The van der Waals surface area contributed by atoms with Gasteiger partial charge in [0, 0.05) is 17.5 Å². The van der Waals surface area contributed by atoms with Gasteiger partial charge in [0.05, 0.1) is 4.90 Å². The van der Waals surface area contributed by atoms with Gasteiger partial charge in [-0.25, -0.2) is 8.42 Å². The number of hydrogen-bond donors (Lipinski definition) is 1. The first-order valence-electron chi connectivity index (χ1n) is 12.7. The maximum absolute atomic E-state index is 13.3. The molecular weight excluding hydrogens is 478 g/mol. The summed E-state index contributed by atoms with van der Waals surface area (Å²) in [6, 6.07) is 13.2. The molecule has 35 heavy (non-hydrogen) atoms. The molecule has 1 N–H and O–H groups in total. The number of nitrogens with one attached hydrogen (secondary N) is 1. The van der Waals surface area contributed by atoms with E-state index in [0.29, 0.717) is 17.7 Å². The van der Waals surface area contributed by atoms with E-state index in [2.05, 4.69) is 18.3 Å². The van der Waals surface area contributed by atoms with E-state index in [4.69, 9.17) is 11.6 Å². The van der Waals surface area contributed by atoms with E-state index in [9.17, 15) is 13.2 Å². The highest BCUT2D eigenvalue weighted by molar-refractivity contribution is 7.92. The molecule has 1 aliphatic carbocycles. The lowest BCUT2D eigenvalue weighted by molar-refractivity contribution is -0.116. The van der Waals surface area contributed by atoms with Gasteiger partial charge in [0.1, 0.15) is 5.37 Å². The van der Waals surface area contributed by atoms with Crippen LogP contribution in [0.2, 0.25) is 5.02 Å². The van der Waals surface area contributed by atoms with Crippen molar-refractivity contribution in [2.75, 3.05) is 0 Å². The van der Waals surface area contributed by atoms with Crippen LogP contribution in [0, 0.1) is 0 Å². The van der Waals surface area contributed by atoms with Gasteiger partial charge < -0.3 is 0 Å². The highest BCUT2D eigenvalue weighted by Crippen LogP contribution is 2.37. The van der Waals surface area contributed by atoms with Crippen molar-refractivity contribution in [1.82, 2.24) is 5.32 Å². The molecule has 188 valence electrons. The Balaban J connectivity index is 1.45. The van der Waals surface area contributed by atoms with Crippen molar-refractivity contribution >= 4 is 27.2 Å². The van der Waals surface area contributed by atoms with E-state index in [-0.39, 0.29) is 23.7 Å². The molecule has 0 saturated carbocycles. The number of sulfone groups is 1. The standard InChI is InChI=1S/C29H36ClNO3S/c1-18(2)23-11-5-6-14-27(23)35(33,34)29-25(31-29)17-22-10-7-12-24(28(22)30)19(3)15-16-21-9-8-13-26(32)20(21)4/h5-7,10-12,14,18-19,25,29,31H,8-9,13,15-17H2,1-4H3. The van der Waals surface area contributed by atoms with Crippen LogP contribution in [0.3, 0.4) is 0 Å². The Morgan fingerprint density at radius 3 is 2.49 bits per heavy atom. The van der Waals surface area contributed by atoms with Crippen molar-refractivity contribution in [3.05, 3.63) is 75.3 Å². The van der Waals surface area contributed by atoms with E-state index in [1.165, 1.54) is 5.57 Å². The molecule has 0 spiro atoms. The van der Waals surface area contributed by atoms with Crippen LogP contribution in [0.1, 0.15) is 88.3 Å². The number of allylic oxidation sites excluding steroid dienone is 2. The predicted molar refractivity (Wildman–Crippen MR) is 143 cm³/mol. The number of benzene rings is 2. The van der Waals surface area contributed by atoms with E-state index in [1.807, 2.05) is 45.0 Å². The Bertz CT molecular complexity index is 1250. The first-order valence-corrected chi connectivity index (χ1v) is 14.6. The fourth-order valence-corrected chi connectivity index (χ4v) is 7.69. The van der Waals surface area contributed by atoms with Gasteiger partial charge in [0.2, 0.25) is 0 Å². The molecule has 0 aromatic heterocycles. The summed E-state index contributed by atoms with van der Waals surface area (Å²) in [5.41, 5.74) is 5.17. The molecule has 4 rings (SSSR count). The number of halogens is 1. The van der Waals surface area contributed by atoms with Crippen LogP contribution in [-0.4, -0.2) is 25.6 Å². The number of hydrogen-bond acceptors (Lipinski definition) is 4. The van der Waals surface area contributed by atoms with Gasteiger partial charge in [-0.1, -0.05) is 74.3 Å². The third-order valence-electron chi connectivity index (χ3n) is 7.61. The van der Waals surface area contributed by atoms with Crippen molar-refractivity contribution in [3.63, 3.8) is 0 Å². The Morgan fingerprint density at radius 2 is 1.74 bits per heavy atom. The lowest BCUT2D eigenvalue weighted by atomic mass is 9.85. The largest absolute Gasteiger partial charge is 0.295 e. The van der Waals surface area contributed by atoms with Gasteiger partial charge in [-0.15, -0.1) is 0 Å². The summed E-state index contributed by atoms with van der Waals surface area (Å²) in [7, 11) is -3.47. The maximum Gasteiger partial charge on any atom is 0.196 e. The first kappa shape index (κ1) is 26.1. The molecule has 0 amide bonds. The topological polar surface area (TPSA) is 73.2 Å². The zero-order chi connectivity index (χ0) is 25.3. The molecule has 2 aromatic carbocycles. The monoisotopic (exact) mass is 513 g/mol. The Morgan fingerprint density at radius 1 is 1.03 bits per heavy atom. The highest BCUT2D eigenvalue weighted by atomic mass is 35.5. The second-order valence-corrected chi connectivity index (χ2v) is 12.8. The summed E-state index contributed by atoms with van der Waals surface area (Å²) in [6.07, 6.45) is 5.07. The quantitative estimate of drug-likeness (QED) is 0.377. The van der Waals surface area contributed by atoms with Crippen molar-refractivity contribution < 1.29 is 13.2 Å². The number of rotatable bonds is 9.